The molecule has 1 aromatic carbocycles. The average molecular weight is 623 g/mol. The van der Waals surface area contributed by atoms with E-state index in [1.165, 1.54) is 19.1 Å². The summed E-state index contributed by atoms with van der Waals surface area (Å²) in [7, 11) is 3.69. The van der Waals surface area contributed by atoms with E-state index in [0.717, 1.165) is 30.2 Å². The number of anilines is 3. The number of piperidine rings is 1. The van der Waals surface area contributed by atoms with Gasteiger partial charge < -0.3 is 34.6 Å². The molecule has 5 rings (SSSR count). The number of carbonyl (C=O) groups is 1. The third-order valence-corrected chi connectivity index (χ3v) is 8.10. The summed E-state index contributed by atoms with van der Waals surface area (Å²) in [6.07, 6.45) is -1.52. The van der Waals surface area contributed by atoms with Gasteiger partial charge in [-0.2, -0.15) is 10.2 Å². The third kappa shape index (κ3) is 7.05. The number of hydrogen-bond donors (Lipinski definition) is 2. The van der Waals surface area contributed by atoms with Crippen LogP contribution in [0.2, 0.25) is 0 Å². The van der Waals surface area contributed by atoms with Crippen LogP contribution in [0.3, 0.4) is 0 Å². The molecule has 2 aliphatic rings. The van der Waals surface area contributed by atoms with Crippen LogP contribution in [-0.2, 0) is 4.79 Å². The molecule has 0 aliphatic carbocycles. The molecule has 3 aromatic rings. The zero-order chi connectivity index (χ0) is 32.3. The number of amides is 1. The number of nitrogens with one attached hydrogen (secondary N) is 1. The number of aliphatic hydroxyl groups excluding tert-OH is 1. The van der Waals surface area contributed by atoms with Crippen LogP contribution in [0.15, 0.2) is 42.6 Å². The molecule has 0 radical (unpaired) electrons. The van der Waals surface area contributed by atoms with Gasteiger partial charge in [-0.25, -0.2) is 18.7 Å². The standard InChI is InChI=1S/C31H36F2N8O4/c1-19-17-40(14-13-39(19)3)24-6-8-27(37-28(24)44-4)38-30-35-11-9-23(36-30)21-5-7-25(22(15-21)16-34)45-26-10-12-41(18-31(26,32)33)29(43)20(2)42/h5-9,11,15,19-20,26,42H,10,12-14,17-18H2,1-4H3,(H,35,36,37,38)/t19-,20-,26?/m0/s1. The fourth-order valence-corrected chi connectivity index (χ4v) is 5.40. The second-order valence-corrected chi connectivity index (χ2v) is 11.3. The maximum atomic E-state index is 14.9. The van der Waals surface area contributed by atoms with Crippen molar-refractivity contribution in [2.45, 2.75) is 44.4 Å². The van der Waals surface area contributed by atoms with Crippen LogP contribution in [0.4, 0.5) is 26.2 Å². The highest BCUT2D eigenvalue weighted by molar-refractivity contribution is 5.80. The highest BCUT2D eigenvalue weighted by Crippen LogP contribution is 2.34. The second-order valence-electron chi connectivity index (χ2n) is 11.3. The van der Waals surface area contributed by atoms with Gasteiger partial charge in [0.15, 0.2) is 6.10 Å². The highest BCUT2D eigenvalue weighted by atomic mass is 19.3. The Morgan fingerprint density at radius 2 is 2.00 bits per heavy atom. The van der Waals surface area contributed by atoms with E-state index >= 15 is 0 Å². The zero-order valence-electron chi connectivity index (χ0n) is 25.6. The van der Waals surface area contributed by atoms with Crippen LogP contribution in [0.1, 0.15) is 25.8 Å². The summed E-state index contributed by atoms with van der Waals surface area (Å²) >= 11 is 0. The lowest BCUT2D eigenvalue weighted by Gasteiger charge is -2.39. The monoisotopic (exact) mass is 622 g/mol. The van der Waals surface area contributed by atoms with E-state index in [4.69, 9.17) is 9.47 Å². The number of nitrogens with zero attached hydrogens (tertiary/aromatic N) is 7. The van der Waals surface area contributed by atoms with Crippen LogP contribution >= 0.6 is 0 Å². The first kappa shape index (κ1) is 31.8. The Labute approximate surface area is 260 Å². The minimum atomic E-state index is -3.38. The molecule has 4 heterocycles. The van der Waals surface area contributed by atoms with Crippen LogP contribution in [-0.4, -0.2) is 107 Å². The van der Waals surface area contributed by atoms with E-state index in [0.29, 0.717) is 29.0 Å². The number of aliphatic hydroxyl groups is 1. The maximum Gasteiger partial charge on any atom is 0.301 e. The number of alkyl halides is 2. The van der Waals surface area contributed by atoms with Crippen LogP contribution in [0, 0.1) is 11.3 Å². The molecular formula is C31H36F2N8O4. The number of benzene rings is 1. The van der Waals surface area contributed by atoms with Crippen LogP contribution < -0.4 is 19.7 Å². The van der Waals surface area contributed by atoms with Crippen molar-refractivity contribution in [3.05, 3.63) is 48.2 Å². The number of likely N-dealkylation sites (tertiary alicyclic amines) is 1. The smallest absolute Gasteiger partial charge is 0.301 e. The molecule has 0 bridgehead atoms. The highest BCUT2D eigenvalue weighted by Gasteiger charge is 2.48. The van der Waals surface area contributed by atoms with Gasteiger partial charge in [0.2, 0.25) is 11.8 Å². The average Bonchev–Trinajstić information content (AvgIpc) is 3.03. The van der Waals surface area contributed by atoms with E-state index in [-0.39, 0.29) is 30.2 Å². The Balaban J connectivity index is 1.30. The summed E-state index contributed by atoms with van der Waals surface area (Å²) in [5, 5.41) is 22.4. The first-order chi connectivity index (χ1) is 21.5. The van der Waals surface area contributed by atoms with Crippen molar-refractivity contribution in [1.82, 2.24) is 24.8 Å². The van der Waals surface area contributed by atoms with Gasteiger partial charge in [0, 0.05) is 50.4 Å². The summed E-state index contributed by atoms with van der Waals surface area (Å²) in [6.45, 7) is 5.19. The van der Waals surface area contributed by atoms with Crippen LogP contribution in [0.5, 0.6) is 11.6 Å². The molecule has 2 fully saturated rings. The third-order valence-electron chi connectivity index (χ3n) is 8.10. The Kier molecular flexibility index (Phi) is 9.31. The van der Waals surface area contributed by atoms with Gasteiger partial charge in [-0.05, 0) is 57.3 Å². The molecular weight excluding hydrogens is 586 g/mol. The number of rotatable bonds is 8. The Morgan fingerprint density at radius 1 is 1.20 bits per heavy atom. The van der Waals surface area contributed by atoms with E-state index in [1.54, 1.807) is 25.4 Å². The van der Waals surface area contributed by atoms with Crippen molar-refractivity contribution in [3.63, 3.8) is 0 Å². The van der Waals surface area contributed by atoms with Crippen LogP contribution in [0.25, 0.3) is 11.3 Å². The fraction of sp³-hybridized carbons (Fsp3) is 0.452. The molecule has 0 saturated carbocycles. The van der Waals surface area contributed by atoms with Crippen molar-refractivity contribution in [3.8, 4) is 29.0 Å². The summed E-state index contributed by atoms with van der Waals surface area (Å²) < 4.78 is 41.0. The minimum Gasteiger partial charge on any atom is -0.483 e. The predicted octanol–water partition coefficient (Wildman–Crippen LogP) is 3.30. The molecule has 1 amide bonds. The van der Waals surface area contributed by atoms with Gasteiger partial charge in [-0.3, -0.25) is 4.79 Å². The molecule has 2 aliphatic heterocycles. The topological polar surface area (TPSA) is 140 Å². The molecule has 12 nitrogen and oxygen atoms in total. The number of carbonyl (C=O) groups excluding carboxylic acids is 1. The first-order valence-electron chi connectivity index (χ1n) is 14.6. The molecule has 2 aromatic heterocycles. The number of methoxy groups -OCH3 is 1. The number of hydrogen-bond acceptors (Lipinski definition) is 11. The van der Waals surface area contributed by atoms with E-state index in [9.17, 15) is 23.9 Å². The molecule has 238 valence electrons. The molecule has 3 atom stereocenters. The fourth-order valence-electron chi connectivity index (χ4n) is 5.40. The number of aromatic nitrogens is 3. The number of nitriles is 1. The number of halogens is 2. The second kappa shape index (κ2) is 13.2. The quantitative estimate of drug-likeness (QED) is 0.383. The summed E-state index contributed by atoms with van der Waals surface area (Å²) in [5.41, 5.74) is 2.00. The molecule has 1 unspecified atom stereocenters. The number of piperazine rings is 1. The van der Waals surface area contributed by atoms with Crippen molar-refractivity contribution in [2.75, 3.05) is 57.1 Å². The lowest BCUT2D eigenvalue weighted by molar-refractivity contribution is -0.165. The number of ether oxygens (including phenoxy) is 2. The molecule has 14 heteroatoms. The van der Waals surface area contributed by atoms with E-state index < -0.39 is 30.6 Å². The van der Waals surface area contributed by atoms with Crippen molar-refractivity contribution in [1.29, 1.82) is 5.26 Å². The number of likely N-dealkylation sites (N-methyl/N-ethyl adjacent to an activating group) is 1. The van der Waals surface area contributed by atoms with Crippen molar-refractivity contribution in [2.24, 2.45) is 0 Å². The van der Waals surface area contributed by atoms with E-state index in [1.807, 2.05) is 18.2 Å². The van der Waals surface area contributed by atoms with Gasteiger partial charge in [0.25, 0.3) is 5.91 Å². The largest absolute Gasteiger partial charge is 0.483 e. The Bertz CT molecular complexity index is 1580. The summed E-state index contributed by atoms with van der Waals surface area (Å²) in [6, 6.07) is 12.4. The Hall–Kier alpha value is -4.61. The molecule has 2 N–H and O–H groups in total. The van der Waals surface area contributed by atoms with Gasteiger partial charge in [0.05, 0.1) is 24.9 Å². The number of pyridine rings is 1. The Morgan fingerprint density at radius 3 is 2.69 bits per heavy atom. The maximum absolute atomic E-state index is 14.9. The zero-order valence-corrected chi connectivity index (χ0v) is 25.6. The molecule has 0 spiro atoms. The van der Waals surface area contributed by atoms with Crippen molar-refractivity contribution < 1.29 is 28.2 Å². The van der Waals surface area contributed by atoms with Gasteiger partial charge in [-0.1, -0.05) is 0 Å². The van der Waals surface area contributed by atoms with Crippen molar-refractivity contribution >= 4 is 23.4 Å². The lowest BCUT2D eigenvalue weighted by Crippen LogP contribution is -2.56. The summed E-state index contributed by atoms with van der Waals surface area (Å²) in [5.74, 6) is -2.91. The van der Waals surface area contributed by atoms with Gasteiger partial charge >= 0.3 is 5.92 Å². The lowest BCUT2D eigenvalue weighted by atomic mass is 10.0. The van der Waals surface area contributed by atoms with Gasteiger partial charge in [-0.15, -0.1) is 0 Å². The normalized spacial score (nSPS) is 20.7. The van der Waals surface area contributed by atoms with Gasteiger partial charge in [0.1, 0.15) is 29.4 Å². The molecule has 2 saturated heterocycles. The SMILES string of the molecule is COc1nc(Nc2nccc(-c3ccc(OC4CCN(C(=O)[C@H](C)O)CC4(F)F)c(C#N)c3)n2)ccc1N1CCN(C)[C@@H](C)C1. The summed E-state index contributed by atoms with van der Waals surface area (Å²) in [4.78, 5) is 31.0. The predicted molar refractivity (Wildman–Crippen MR) is 163 cm³/mol. The minimum absolute atomic E-state index is 0.000221. The van der Waals surface area contributed by atoms with E-state index in [2.05, 4.69) is 44.0 Å². The first-order valence-corrected chi connectivity index (χ1v) is 14.6. The molecule has 45 heavy (non-hydrogen) atoms.